The summed E-state index contributed by atoms with van der Waals surface area (Å²) in [5.74, 6) is -2.38. The fraction of sp³-hybridized carbons (Fsp3) is 0. The summed E-state index contributed by atoms with van der Waals surface area (Å²) >= 11 is 0. The quantitative estimate of drug-likeness (QED) is 0.265. The molecule has 8 heavy (non-hydrogen) atoms. The van der Waals surface area contributed by atoms with E-state index in [2.05, 4.69) is 6.58 Å². The largest absolute Gasteiger partial charge is 0.274 e. The van der Waals surface area contributed by atoms with Gasteiger partial charge in [0.2, 0.25) is 0 Å². The first kappa shape index (κ1) is 6.68. The van der Waals surface area contributed by atoms with E-state index in [4.69, 9.17) is 11.5 Å². The molecule has 0 aliphatic carbocycles. The second-order valence-electron chi connectivity index (χ2n) is 1.14. The maximum absolute atomic E-state index is 9.81. The van der Waals surface area contributed by atoms with Gasteiger partial charge in [0.05, 0.1) is 0 Å². The monoisotopic (exact) mass is 112 g/mol. The van der Waals surface area contributed by atoms with Crippen LogP contribution < -0.4 is 11.5 Å². The first-order valence-corrected chi connectivity index (χ1v) is 1.76. The molecule has 2 radical (unpaired) electrons. The second-order valence-corrected chi connectivity index (χ2v) is 1.14. The molecule has 0 spiro atoms. The maximum Gasteiger partial charge on any atom is 0.274 e. The third kappa shape index (κ3) is 1.42. The fourth-order valence-electron chi connectivity index (χ4n) is 0.103. The molecule has 4 heteroatoms. The number of rotatable bonds is 2. The molecular formula is C4H4N2O2. The normalized spacial score (nSPS) is 8.00. The summed E-state index contributed by atoms with van der Waals surface area (Å²) in [5, 5.41) is 0. The summed E-state index contributed by atoms with van der Waals surface area (Å²) < 4.78 is 0. The number of hydrogen-bond donors (Lipinski definition) is 0. The van der Waals surface area contributed by atoms with Crippen molar-refractivity contribution in [3.63, 3.8) is 0 Å². The van der Waals surface area contributed by atoms with E-state index in [1.54, 1.807) is 0 Å². The first-order chi connectivity index (χ1) is 3.55. The molecule has 0 atom stereocenters. The molecule has 0 saturated heterocycles. The lowest BCUT2D eigenvalue weighted by Crippen LogP contribution is -2.12. The summed E-state index contributed by atoms with van der Waals surface area (Å²) in [6.45, 7) is 2.88. The average Bonchev–Trinajstić information content (AvgIpc) is 1.64. The summed E-state index contributed by atoms with van der Waals surface area (Å²) in [4.78, 5) is 19.6. The third-order valence-corrected chi connectivity index (χ3v) is 0.548. The average molecular weight is 112 g/mol. The SMILES string of the molecule is C=C(C([NH])=O)C([NH])=O. The van der Waals surface area contributed by atoms with Crippen molar-refractivity contribution < 1.29 is 9.59 Å². The van der Waals surface area contributed by atoms with Crippen molar-refractivity contribution in [3.05, 3.63) is 12.2 Å². The smallest absolute Gasteiger partial charge is 0.267 e. The molecule has 0 saturated carbocycles. The predicted molar refractivity (Wildman–Crippen MR) is 25.3 cm³/mol. The molecule has 0 rings (SSSR count). The van der Waals surface area contributed by atoms with Crippen molar-refractivity contribution >= 4 is 11.8 Å². The van der Waals surface area contributed by atoms with Crippen molar-refractivity contribution in [1.82, 2.24) is 11.5 Å². The Morgan fingerprint density at radius 1 is 1.12 bits per heavy atom. The van der Waals surface area contributed by atoms with Crippen LogP contribution in [0, 0.1) is 0 Å². The number of amides is 2. The van der Waals surface area contributed by atoms with Crippen LogP contribution in [0.2, 0.25) is 0 Å². The molecule has 2 N–H and O–H groups in total. The fourth-order valence-corrected chi connectivity index (χ4v) is 0.103. The van der Waals surface area contributed by atoms with Gasteiger partial charge < -0.3 is 0 Å². The molecule has 42 valence electrons. The van der Waals surface area contributed by atoms with Gasteiger partial charge in [0.1, 0.15) is 5.57 Å². The number of hydrogen-bond acceptors (Lipinski definition) is 2. The zero-order valence-corrected chi connectivity index (χ0v) is 4.02. The molecule has 0 bridgehead atoms. The summed E-state index contributed by atoms with van der Waals surface area (Å²) in [6.07, 6.45) is 0. The van der Waals surface area contributed by atoms with Gasteiger partial charge >= 0.3 is 0 Å². The molecule has 0 aromatic heterocycles. The highest BCUT2D eigenvalue weighted by molar-refractivity contribution is 6.16. The maximum atomic E-state index is 9.81. The highest BCUT2D eigenvalue weighted by Crippen LogP contribution is 1.84. The van der Waals surface area contributed by atoms with E-state index in [1.165, 1.54) is 0 Å². The summed E-state index contributed by atoms with van der Waals surface area (Å²) in [5.41, 5.74) is 11.9. The van der Waals surface area contributed by atoms with E-state index in [9.17, 15) is 9.59 Å². The Morgan fingerprint density at radius 2 is 1.38 bits per heavy atom. The van der Waals surface area contributed by atoms with E-state index in [0.717, 1.165) is 0 Å². The lowest BCUT2D eigenvalue weighted by atomic mass is 10.3. The lowest BCUT2D eigenvalue weighted by molar-refractivity contribution is -0.120. The van der Waals surface area contributed by atoms with Gasteiger partial charge in [0.25, 0.3) is 11.8 Å². The van der Waals surface area contributed by atoms with Crippen LogP contribution in [0.15, 0.2) is 12.2 Å². The Balaban J connectivity index is 4.05. The van der Waals surface area contributed by atoms with E-state index < -0.39 is 17.4 Å². The van der Waals surface area contributed by atoms with Crippen LogP contribution in [0.4, 0.5) is 0 Å². The summed E-state index contributed by atoms with van der Waals surface area (Å²) in [6, 6.07) is 0. The molecule has 2 amide bonds. The predicted octanol–water partition coefficient (Wildman–Crippen LogP) is -0.838. The van der Waals surface area contributed by atoms with E-state index in [0.29, 0.717) is 0 Å². The molecule has 0 aromatic carbocycles. The van der Waals surface area contributed by atoms with Crippen molar-refractivity contribution in [2.75, 3.05) is 0 Å². The van der Waals surface area contributed by atoms with Crippen LogP contribution in [0.5, 0.6) is 0 Å². The standard InChI is InChI=1S/C4H4N2O2/c1-2(3(5)7)4(6)8/h5-6H,1H2. The van der Waals surface area contributed by atoms with Crippen LogP contribution in [-0.4, -0.2) is 11.8 Å². The van der Waals surface area contributed by atoms with Crippen molar-refractivity contribution in [2.45, 2.75) is 0 Å². The van der Waals surface area contributed by atoms with Crippen LogP contribution >= 0.6 is 0 Å². The Labute approximate surface area is 46.1 Å². The van der Waals surface area contributed by atoms with Gasteiger partial charge in [-0.05, 0) is 0 Å². The minimum atomic E-state index is -1.19. The van der Waals surface area contributed by atoms with E-state index in [-0.39, 0.29) is 0 Å². The van der Waals surface area contributed by atoms with Crippen molar-refractivity contribution in [2.24, 2.45) is 0 Å². The van der Waals surface area contributed by atoms with Gasteiger partial charge in [0, 0.05) is 0 Å². The minimum absolute atomic E-state index is 0.593. The summed E-state index contributed by atoms with van der Waals surface area (Å²) in [7, 11) is 0. The van der Waals surface area contributed by atoms with Gasteiger partial charge in [0.15, 0.2) is 0 Å². The Kier molecular flexibility index (Phi) is 1.76. The molecule has 0 unspecified atom stereocenters. The highest BCUT2D eigenvalue weighted by Gasteiger charge is 2.07. The zero-order valence-electron chi connectivity index (χ0n) is 4.02. The Bertz CT molecular complexity index is 134. The first-order valence-electron chi connectivity index (χ1n) is 1.76. The topological polar surface area (TPSA) is 81.7 Å². The number of nitrogens with one attached hydrogen (secondary N) is 2. The lowest BCUT2D eigenvalue weighted by Gasteiger charge is -1.86. The van der Waals surface area contributed by atoms with Gasteiger partial charge in [-0.2, -0.15) is 0 Å². The van der Waals surface area contributed by atoms with Crippen molar-refractivity contribution in [3.8, 4) is 0 Å². The Hall–Kier alpha value is -1.32. The van der Waals surface area contributed by atoms with Crippen LogP contribution in [0.3, 0.4) is 0 Å². The van der Waals surface area contributed by atoms with Gasteiger partial charge in [-0.1, -0.05) is 6.58 Å². The van der Waals surface area contributed by atoms with Crippen LogP contribution in [-0.2, 0) is 9.59 Å². The molecule has 0 heterocycles. The van der Waals surface area contributed by atoms with Crippen LogP contribution in [0.1, 0.15) is 0 Å². The highest BCUT2D eigenvalue weighted by atomic mass is 16.2. The number of carbonyl (C=O) groups is 2. The molecule has 0 fully saturated rings. The van der Waals surface area contributed by atoms with Gasteiger partial charge in [-0.3, -0.25) is 21.1 Å². The van der Waals surface area contributed by atoms with Gasteiger partial charge in [-0.15, -0.1) is 0 Å². The van der Waals surface area contributed by atoms with E-state index >= 15 is 0 Å². The van der Waals surface area contributed by atoms with E-state index in [1.807, 2.05) is 0 Å². The molecule has 0 aliphatic heterocycles. The third-order valence-electron chi connectivity index (χ3n) is 0.548. The Morgan fingerprint density at radius 3 is 1.38 bits per heavy atom. The van der Waals surface area contributed by atoms with Crippen molar-refractivity contribution in [1.29, 1.82) is 0 Å². The molecule has 4 nitrogen and oxygen atoms in total. The molecule has 0 aromatic rings. The second kappa shape index (κ2) is 2.11. The van der Waals surface area contributed by atoms with Gasteiger partial charge in [-0.25, -0.2) is 0 Å². The number of carbonyl (C=O) groups excluding carboxylic acids is 2. The van der Waals surface area contributed by atoms with Crippen LogP contribution in [0.25, 0.3) is 0 Å². The molecule has 0 aliphatic rings. The minimum Gasteiger partial charge on any atom is -0.267 e. The zero-order chi connectivity index (χ0) is 6.73. The molecular weight excluding hydrogens is 108 g/mol.